The highest BCUT2D eigenvalue weighted by molar-refractivity contribution is 6.00. The van der Waals surface area contributed by atoms with E-state index in [-0.39, 0.29) is 23.1 Å². The molecule has 0 saturated carbocycles. The molecule has 1 aromatic heterocycles. The molecule has 1 amide bonds. The number of hydrogen-bond acceptors (Lipinski definition) is 3. The number of nitrogens with zero attached hydrogens (tertiary/aromatic N) is 3. The van der Waals surface area contributed by atoms with Crippen LogP contribution in [0.2, 0.25) is 0 Å². The van der Waals surface area contributed by atoms with Crippen LogP contribution in [0.1, 0.15) is 104 Å². The number of carbonyl (C=O) groups excluding carboxylic acids is 2. The Labute approximate surface area is 185 Å². The van der Waals surface area contributed by atoms with Crippen molar-refractivity contribution < 1.29 is 9.59 Å². The van der Waals surface area contributed by atoms with Crippen LogP contribution in [0.5, 0.6) is 0 Å². The number of amides is 1. The third kappa shape index (κ3) is 4.46. The first kappa shape index (κ1) is 21.8. The van der Waals surface area contributed by atoms with E-state index in [0.29, 0.717) is 12.0 Å². The van der Waals surface area contributed by atoms with Crippen molar-refractivity contribution in [2.45, 2.75) is 84.7 Å². The number of ketones is 1. The van der Waals surface area contributed by atoms with Crippen LogP contribution in [0.15, 0.2) is 30.3 Å². The number of benzene rings is 1. The molecule has 5 heteroatoms. The van der Waals surface area contributed by atoms with Gasteiger partial charge in [0.05, 0.1) is 23.0 Å². The molecule has 2 aromatic rings. The van der Waals surface area contributed by atoms with Crippen LogP contribution in [-0.2, 0) is 13.0 Å². The highest BCUT2D eigenvalue weighted by Crippen LogP contribution is 2.41. The Balaban J connectivity index is 1.68. The van der Waals surface area contributed by atoms with Crippen LogP contribution in [0.3, 0.4) is 0 Å². The summed E-state index contributed by atoms with van der Waals surface area (Å²) in [5.41, 5.74) is 3.40. The summed E-state index contributed by atoms with van der Waals surface area (Å²) in [5.74, 6) is 0.234. The predicted molar refractivity (Wildman–Crippen MR) is 122 cm³/mol. The van der Waals surface area contributed by atoms with Gasteiger partial charge in [-0.15, -0.1) is 0 Å². The third-order valence-electron chi connectivity index (χ3n) is 6.72. The summed E-state index contributed by atoms with van der Waals surface area (Å²) < 4.78 is 2.10. The lowest BCUT2D eigenvalue weighted by Gasteiger charge is -2.30. The lowest BCUT2D eigenvalue weighted by Crippen LogP contribution is -2.32. The summed E-state index contributed by atoms with van der Waals surface area (Å²) in [7, 11) is 0. The highest BCUT2D eigenvalue weighted by atomic mass is 16.2. The number of rotatable bonds is 7. The second-order valence-corrected chi connectivity index (χ2v) is 9.95. The first-order valence-corrected chi connectivity index (χ1v) is 11.9. The van der Waals surface area contributed by atoms with E-state index in [4.69, 9.17) is 5.10 Å². The minimum atomic E-state index is -0.108. The molecule has 31 heavy (non-hydrogen) atoms. The zero-order valence-corrected chi connectivity index (χ0v) is 19.2. The molecular formula is C26H35N3O2. The van der Waals surface area contributed by atoms with Crippen LogP contribution in [0.4, 0.5) is 0 Å². The van der Waals surface area contributed by atoms with Gasteiger partial charge >= 0.3 is 0 Å². The van der Waals surface area contributed by atoms with E-state index >= 15 is 0 Å². The van der Waals surface area contributed by atoms with Gasteiger partial charge in [-0.25, -0.2) is 0 Å². The van der Waals surface area contributed by atoms with Crippen LogP contribution in [-0.4, -0.2) is 32.9 Å². The van der Waals surface area contributed by atoms with E-state index < -0.39 is 0 Å². The molecule has 1 fully saturated rings. The SMILES string of the molecule is CCCCCCn1nc([C@H]2CCCN2C(=O)c2ccccc2)c2c1CC(C)(C)CC2=O. The Morgan fingerprint density at radius 2 is 1.90 bits per heavy atom. The molecule has 166 valence electrons. The number of fused-ring (bicyclic) bond motifs is 1. The fourth-order valence-electron chi connectivity index (χ4n) is 5.19. The monoisotopic (exact) mass is 421 g/mol. The van der Waals surface area contributed by atoms with Crippen molar-refractivity contribution in [1.29, 1.82) is 0 Å². The van der Waals surface area contributed by atoms with Crippen molar-refractivity contribution in [3.8, 4) is 0 Å². The van der Waals surface area contributed by atoms with E-state index in [1.807, 2.05) is 35.2 Å². The zero-order chi connectivity index (χ0) is 22.0. The summed E-state index contributed by atoms with van der Waals surface area (Å²) in [6.45, 7) is 8.13. The fraction of sp³-hybridized carbons (Fsp3) is 0.577. The molecule has 2 aliphatic rings. The molecule has 5 nitrogen and oxygen atoms in total. The van der Waals surface area contributed by atoms with Gasteiger partial charge in [0, 0.05) is 25.1 Å². The Bertz CT molecular complexity index is 945. The van der Waals surface area contributed by atoms with Gasteiger partial charge in [0.1, 0.15) is 0 Å². The zero-order valence-electron chi connectivity index (χ0n) is 19.2. The van der Waals surface area contributed by atoms with Crippen LogP contribution >= 0.6 is 0 Å². The number of carbonyl (C=O) groups is 2. The predicted octanol–water partition coefficient (Wildman–Crippen LogP) is 5.60. The Morgan fingerprint density at radius 3 is 2.65 bits per heavy atom. The van der Waals surface area contributed by atoms with Gasteiger partial charge in [-0.3, -0.25) is 14.3 Å². The molecule has 0 bridgehead atoms. The summed E-state index contributed by atoms with van der Waals surface area (Å²) in [6, 6.07) is 9.35. The average molecular weight is 422 g/mol. The normalized spacial score (nSPS) is 20.2. The molecule has 2 heterocycles. The number of Topliss-reactive ketones (excluding diaryl/α,β-unsaturated/α-hetero) is 1. The standard InChI is InChI=1S/C26H35N3O2/c1-4-5-6-10-16-29-21-17-26(2,3)18-22(30)23(21)24(27-29)20-14-11-15-28(20)25(31)19-12-8-7-9-13-19/h7-9,12-13,20H,4-6,10-11,14-18H2,1-3H3/t20-/m1/s1. The minimum Gasteiger partial charge on any atom is -0.330 e. The molecular weight excluding hydrogens is 386 g/mol. The lowest BCUT2D eigenvalue weighted by molar-refractivity contribution is 0.0728. The fourth-order valence-corrected chi connectivity index (χ4v) is 5.19. The maximum Gasteiger partial charge on any atom is 0.254 e. The van der Waals surface area contributed by atoms with Gasteiger partial charge in [-0.05, 0) is 43.2 Å². The van der Waals surface area contributed by atoms with Crippen LogP contribution in [0.25, 0.3) is 0 Å². The molecule has 0 unspecified atom stereocenters. The minimum absolute atomic E-state index is 0.0398. The highest BCUT2D eigenvalue weighted by Gasteiger charge is 2.41. The Morgan fingerprint density at radius 1 is 1.13 bits per heavy atom. The topological polar surface area (TPSA) is 55.2 Å². The number of likely N-dealkylation sites (tertiary alicyclic amines) is 1. The smallest absolute Gasteiger partial charge is 0.254 e. The average Bonchev–Trinajstić information content (AvgIpc) is 3.35. The summed E-state index contributed by atoms with van der Waals surface area (Å²) in [4.78, 5) is 28.4. The van der Waals surface area contributed by atoms with E-state index in [2.05, 4.69) is 25.5 Å². The maximum atomic E-state index is 13.3. The molecule has 1 aromatic carbocycles. The second-order valence-electron chi connectivity index (χ2n) is 9.95. The number of aryl methyl sites for hydroxylation is 1. The lowest BCUT2D eigenvalue weighted by atomic mass is 9.75. The summed E-state index contributed by atoms with van der Waals surface area (Å²) >= 11 is 0. The molecule has 0 spiro atoms. The van der Waals surface area contributed by atoms with E-state index in [1.54, 1.807) is 0 Å². The molecule has 0 radical (unpaired) electrons. The second kappa shape index (κ2) is 8.97. The Kier molecular flexibility index (Phi) is 6.31. The van der Waals surface area contributed by atoms with Crippen molar-refractivity contribution in [2.24, 2.45) is 5.41 Å². The van der Waals surface area contributed by atoms with E-state index in [9.17, 15) is 9.59 Å². The van der Waals surface area contributed by atoms with Crippen molar-refractivity contribution in [3.63, 3.8) is 0 Å². The van der Waals surface area contributed by atoms with Gasteiger partial charge in [0.15, 0.2) is 5.78 Å². The van der Waals surface area contributed by atoms with Crippen molar-refractivity contribution >= 4 is 11.7 Å². The van der Waals surface area contributed by atoms with Crippen molar-refractivity contribution in [2.75, 3.05) is 6.54 Å². The van der Waals surface area contributed by atoms with Gasteiger partial charge in [-0.2, -0.15) is 5.10 Å². The summed E-state index contributed by atoms with van der Waals surface area (Å²) in [5, 5.41) is 5.02. The quantitative estimate of drug-likeness (QED) is 0.547. The number of hydrogen-bond donors (Lipinski definition) is 0. The first-order valence-electron chi connectivity index (χ1n) is 11.9. The molecule has 1 saturated heterocycles. The number of aromatic nitrogens is 2. The van der Waals surface area contributed by atoms with Crippen LogP contribution < -0.4 is 0 Å². The van der Waals surface area contributed by atoms with Gasteiger partial charge < -0.3 is 4.90 Å². The largest absolute Gasteiger partial charge is 0.330 e. The van der Waals surface area contributed by atoms with Crippen molar-refractivity contribution in [3.05, 3.63) is 52.8 Å². The van der Waals surface area contributed by atoms with Crippen molar-refractivity contribution in [1.82, 2.24) is 14.7 Å². The third-order valence-corrected chi connectivity index (χ3v) is 6.72. The van der Waals surface area contributed by atoms with Gasteiger partial charge in [0.25, 0.3) is 5.91 Å². The molecule has 1 aliphatic heterocycles. The van der Waals surface area contributed by atoms with Gasteiger partial charge in [-0.1, -0.05) is 58.2 Å². The Hall–Kier alpha value is -2.43. The summed E-state index contributed by atoms with van der Waals surface area (Å²) in [6.07, 6.45) is 7.92. The molecule has 1 aliphatic carbocycles. The molecule has 1 atom stereocenters. The van der Waals surface area contributed by atoms with Gasteiger partial charge in [0.2, 0.25) is 0 Å². The number of unbranched alkanes of at least 4 members (excludes halogenated alkanes) is 3. The molecule has 4 rings (SSSR count). The van der Waals surface area contributed by atoms with Crippen LogP contribution in [0, 0.1) is 5.41 Å². The van der Waals surface area contributed by atoms with E-state index in [0.717, 1.165) is 55.7 Å². The maximum absolute atomic E-state index is 13.3. The first-order chi connectivity index (χ1) is 14.9. The van der Waals surface area contributed by atoms with E-state index in [1.165, 1.54) is 19.3 Å². The molecule has 0 N–H and O–H groups in total.